The number of nitrogens with two attached hydrogens (primary N) is 3. The molecule has 0 bridgehead atoms. The molecule has 1 amide bonds. The van der Waals surface area contributed by atoms with Crippen molar-refractivity contribution in [2.24, 2.45) is 21.8 Å². The molecule has 20 heavy (non-hydrogen) atoms. The minimum absolute atomic E-state index is 0. The number of nitrogens with one attached hydrogen (secondary N) is 1. The number of hydrazone groups is 1. The van der Waals surface area contributed by atoms with Crippen LogP contribution in [0.1, 0.15) is 10.4 Å². The van der Waals surface area contributed by atoms with Gasteiger partial charge in [-0.05, 0) is 18.2 Å². The van der Waals surface area contributed by atoms with Gasteiger partial charge in [0.1, 0.15) is 4.90 Å². The fraction of sp³-hybridized carbons (Fsp3) is 0. The number of hydrogen-bond acceptors (Lipinski definition) is 5. The monoisotopic (exact) mass is 363 g/mol. The van der Waals surface area contributed by atoms with Crippen molar-refractivity contribution in [2.75, 3.05) is 0 Å². The zero-order chi connectivity index (χ0) is 13.9. The number of primary sulfonamides is 1. The zero-order valence-electron chi connectivity index (χ0n) is 9.74. The van der Waals surface area contributed by atoms with Crippen LogP contribution in [0.25, 0.3) is 0 Å². The molecule has 12 heteroatoms. The van der Waals surface area contributed by atoms with Gasteiger partial charge in [-0.3, -0.25) is 10.1 Å². The number of hydrogen-bond donors (Lipinski definition) is 4. The molecular formula is C8H12Cl3N5O3S. The van der Waals surface area contributed by atoms with Crippen LogP contribution in [0.15, 0.2) is 28.2 Å². The van der Waals surface area contributed by atoms with E-state index in [0.717, 1.165) is 6.07 Å². The molecule has 1 aromatic rings. The van der Waals surface area contributed by atoms with Crippen LogP contribution in [0.5, 0.6) is 0 Å². The van der Waals surface area contributed by atoms with Gasteiger partial charge in [0.2, 0.25) is 16.0 Å². The molecule has 114 valence electrons. The molecule has 0 atom stereocenters. The van der Waals surface area contributed by atoms with E-state index in [4.69, 9.17) is 28.3 Å². The van der Waals surface area contributed by atoms with E-state index in [1.54, 1.807) is 0 Å². The van der Waals surface area contributed by atoms with Crippen LogP contribution >= 0.6 is 36.4 Å². The van der Waals surface area contributed by atoms with Crippen molar-refractivity contribution in [3.05, 3.63) is 28.8 Å². The Labute approximate surface area is 132 Å². The molecule has 0 aliphatic rings. The molecule has 0 unspecified atom stereocenters. The first-order valence-corrected chi connectivity index (χ1v) is 6.35. The Morgan fingerprint density at radius 1 is 1.30 bits per heavy atom. The van der Waals surface area contributed by atoms with Gasteiger partial charge < -0.3 is 11.6 Å². The Morgan fingerprint density at radius 2 is 1.85 bits per heavy atom. The Morgan fingerprint density at radius 3 is 2.30 bits per heavy atom. The summed E-state index contributed by atoms with van der Waals surface area (Å²) in [7, 11) is -4.02. The second kappa shape index (κ2) is 8.12. The van der Waals surface area contributed by atoms with Crippen molar-refractivity contribution in [1.82, 2.24) is 5.32 Å². The van der Waals surface area contributed by atoms with Crippen molar-refractivity contribution in [2.45, 2.75) is 4.90 Å². The van der Waals surface area contributed by atoms with Crippen molar-refractivity contribution >= 4 is 58.3 Å². The maximum absolute atomic E-state index is 11.6. The van der Waals surface area contributed by atoms with E-state index in [9.17, 15) is 13.2 Å². The quantitative estimate of drug-likeness (QED) is 0.246. The molecule has 8 nitrogen and oxygen atoms in total. The van der Waals surface area contributed by atoms with Gasteiger partial charge in [0.05, 0.1) is 5.02 Å². The molecule has 0 spiro atoms. The van der Waals surface area contributed by atoms with Gasteiger partial charge in [0.25, 0.3) is 5.91 Å². The summed E-state index contributed by atoms with van der Waals surface area (Å²) in [6.07, 6.45) is 0. The smallest absolute Gasteiger partial charge is 0.258 e. The summed E-state index contributed by atoms with van der Waals surface area (Å²) in [5.74, 6) is 3.83. The highest BCUT2D eigenvalue weighted by atomic mass is 35.5. The lowest BCUT2D eigenvalue weighted by molar-refractivity contribution is 0.0976. The Hall–Kier alpha value is -1.26. The second-order valence-corrected chi connectivity index (χ2v) is 5.10. The first kappa shape index (κ1) is 21.0. The number of benzene rings is 1. The second-order valence-electron chi connectivity index (χ2n) is 3.16. The van der Waals surface area contributed by atoms with Crippen molar-refractivity contribution in [1.29, 1.82) is 0 Å². The first-order chi connectivity index (χ1) is 8.25. The molecule has 1 rings (SSSR count). The van der Waals surface area contributed by atoms with Crippen molar-refractivity contribution < 1.29 is 13.2 Å². The van der Waals surface area contributed by atoms with Crippen LogP contribution in [0, 0.1) is 0 Å². The highest BCUT2D eigenvalue weighted by molar-refractivity contribution is 7.89. The van der Waals surface area contributed by atoms with Gasteiger partial charge in [0.15, 0.2) is 0 Å². The minimum Gasteiger partial charge on any atom is -0.368 e. The molecule has 0 heterocycles. The number of nitrogens with zero attached hydrogens (tertiary/aromatic N) is 1. The lowest BCUT2D eigenvalue weighted by Gasteiger charge is -2.06. The Bertz CT molecular complexity index is 620. The number of rotatable bonds is 2. The molecule has 0 saturated heterocycles. The third kappa shape index (κ3) is 5.39. The van der Waals surface area contributed by atoms with Crippen molar-refractivity contribution in [3.8, 4) is 0 Å². The zero-order valence-corrected chi connectivity index (χ0v) is 12.9. The highest BCUT2D eigenvalue weighted by Gasteiger charge is 2.16. The van der Waals surface area contributed by atoms with E-state index >= 15 is 0 Å². The lowest BCUT2D eigenvalue weighted by Crippen LogP contribution is -2.37. The minimum atomic E-state index is -4.02. The summed E-state index contributed by atoms with van der Waals surface area (Å²) >= 11 is 5.66. The number of guanidine groups is 1. The molecule has 0 aliphatic carbocycles. The topological polar surface area (TPSA) is 154 Å². The van der Waals surface area contributed by atoms with Crippen LogP contribution in [0.3, 0.4) is 0 Å². The van der Waals surface area contributed by atoms with E-state index < -0.39 is 15.9 Å². The molecule has 0 saturated carbocycles. The fourth-order valence-corrected chi connectivity index (χ4v) is 2.15. The maximum Gasteiger partial charge on any atom is 0.258 e. The molecule has 1 aromatic carbocycles. The van der Waals surface area contributed by atoms with Crippen LogP contribution in [0.4, 0.5) is 0 Å². The summed E-state index contributed by atoms with van der Waals surface area (Å²) in [6.45, 7) is 0. The summed E-state index contributed by atoms with van der Waals surface area (Å²) < 4.78 is 22.4. The van der Waals surface area contributed by atoms with Gasteiger partial charge in [0, 0.05) is 5.56 Å². The molecule has 0 aliphatic heterocycles. The van der Waals surface area contributed by atoms with Crippen LogP contribution in [-0.4, -0.2) is 20.3 Å². The normalized spacial score (nSPS) is 11.0. The number of sulfonamides is 1. The van der Waals surface area contributed by atoms with Gasteiger partial charge in [-0.2, -0.15) is 0 Å². The molecule has 0 radical (unpaired) electrons. The fourth-order valence-electron chi connectivity index (χ4n) is 1.08. The average molecular weight is 365 g/mol. The third-order valence-electron chi connectivity index (χ3n) is 1.88. The van der Waals surface area contributed by atoms with Crippen LogP contribution in [0.2, 0.25) is 5.02 Å². The molecule has 0 fully saturated rings. The van der Waals surface area contributed by atoms with E-state index in [0.29, 0.717) is 0 Å². The number of carbonyl (C=O) groups excluding carboxylic acids is 1. The third-order valence-corrected chi connectivity index (χ3v) is 3.27. The van der Waals surface area contributed by atoms with Crippen LogP contribution < -0.4 is 22.0 Å². The number of amides is 1. The van der Waals surface area contributed by atoms with E-state index in [2.05, 4.69) is 10.4 Å². The van der Waals surface area contributed by atoms with Gasteiger partial charge in [-0.15, -0.1) is 29.9 Å². The van der Waals surface area contributed by atoms with Crippen molar-refractivity contribution in [3.63, 3.8) is 0 Å². The summed E-state index contributed by atoms with van der Waals surface area (Å²) in [4.78, 5) is 11.2. The predicted molar refractivity (Wildman–Crippen MR) is 80.6 cm³/mol. The van der Waals surface area contributed by atoms with Crippen LogP contribution in [-0.2, 0) is 10.0 Å². The predicted octanol–water partition coefficient (Wildman–Crippen LogP) is -0.251. The summed E-state index contributed by atoms with van der Waals surface area (Å²) in [5.41, 5.74) is 5.18. The Kier molecular flexibility index (Phi) is 8.55. The molecule has 7 N–H and O–H groups in total. The summed E-state index contributed by atoms with van der Waals surface area (Å²) in [5, 5.41) is 10.0. The SMILES string of the molecule is Cl.Cl.NN=C(N)NC(=O)c1ccc(Cl)c(S(N)(=O)=O)c1. The van der Waals surface area contributed by atoms with Gasteiger partial charge in [-0.1, -0.05) is 11.6 Å². The highest BCUT2D eigenvalue weighted by Crippen LogP contribution is 2.21. The molecule has 0 aromatic heterocycles. The first-order valence-electron chi connectivity index (χ1n) is 4.42. The maximum atomic E-state index is 11.6. The number of halogens is 3. The van der Waals surface area contributed by atoms with E-state index in [1.807, 2.05) is 0 Å². The summed E-state index contributed by atoms with van der Waals surface area (Å²) in [6, 6.07) is 3.55. The average Bonchev–Trinajstić information content (AvgIpc) is 2.27. The van der Waals surface area contributed by atoms with Gasteiger partial charge in [-0.25, -0.2) is 13.6 Å². The lowest BCUT2D eigenvalue weighted by atomic mass is 10.2. The van der Waals surface area contributed by atoms with Gasteiger partial charge >= 0.3 is 0 Å². The Balaban J connectivity index is 0. The largest absolute Gasteiger partial charge is 0.368 e. The molecular weight excluding hydrogens is 353 g/mol. The van der Waals surface area contributed by atoms with E-state index in [-0.39, 0.29) is 46.3 Å². The standard InChI is InChI=1S/C8H10ClN5O3S.2ClH/c9-5-2-1-4(3-6(5)18(12,16)17)7(15)13-8(10)14-11;;/h1-3H,11H2,(H2,12,16,17)(H3,10,13,14,15);2*1H. The van der Waals surface area contributed by atoms with E-state index in [1.165, 1.54) is 12.1 Å². The number of carbonyl (C=O) groups is 1.